The Hall–Kier alpha value is -1.30. The molecule has 0 unspecified atom stereocenters. The highest BCUT2D eigenvalue weighted by Gasteiger charge is 2.18. The third-order valence-electron chi connectivity index (χ3n) is 1.66. The number of nitrogen functional groups attached to an aromatic ring is 1. The van der Waals surface area contributed by atoms with Crippen LogP contribution in [0.5, 0.6) is 5.75 Å². The number of halogens is 2. The molecule has 0 aliphatic heterocycles. The average molecular weight is 264 g/mol. The number of aromatic carboxylic acids is 1. The van der Waals surface area contributed by atoms with Gasteiger partial charge in [0, 0.05) is 0 Å². The second kappa shape index (κ2) is 3.83. The molecule has 0 saturated carbocycles. The number of carboxylic acid groups (broad SMARTS) is 1. The van der Waals surface area contributed by atoms with Crippen LogP contribution in [-0.4, -0.2) is 18.2 Å². The van der Waals surface area contributed by atoms with E-state index < -0.39 is 17.5 Å². The van der Waals surface area contributed by atoms with Crippen LogP contribution in [-0.2, 0) is 0 Å². The minimum Gasteiger partial charge on any atom is -0.495 e. The highest BCUT2D eigenvalue weighted by atomic mass is 79.9. The van der Waals surface area contributed by atoms with Gasteiger partial charge in [0.15, 0.2) is 5.82 Å². The molecule has 4 nitrogen and oxygen atoms in total. The van der Waals surface area contributed by atoms with Gasteiger partial charge in [0.25, 0.3) is 0 Å². The Bertz CT molecular complexity index is 395. The van der Waals surface area contributed by atoms with Crippen LogP contribution < -0.4 is 10.5 Å². The van der Waals surface area contributed by atoms with Gasteiger partial charge in [0.05, 0.1) is 22.8 Å². The Morgan fingerprint density at radius 3 is 2.71 bits per heavy atom. The number of hydrogen-bond donors (Lipinski definition) is 2. The molecule has 0 saturated heterocycles. The zero-order valence-electron chi connectivity index (χ0n) is 7.17. The summed E-state index contributed by atoms with van der Waals surface area (Å²) in [5.41, 5.74) is 4.54. The van der Waals surface area contributed by atoms with Gasteiger partial charge in [-0.05, 0) is 22.0 Å². The predicted molar refractivity (Wildman–Crippen MR) is 52.0 cm³/mol. The van der Waals surface area contributed by atoms with Gasteiger partial charge in [-0.15, -0.1) is 0 Å². The van der Waals surface area contributed by atoms with E-state index in [1.165, 1.54) is 7.11 Å². The minimum absolute atomic E-state index is 0.0162. The SMILES string of the molecule is COc1cc(C(=O)O)c(N)c(F)c1Br. The summed E-state index contributed by atoms with van der Waals surface area (Å²) in [5, 5.41) is 8.68. The summed E-state index contributed by atoms with van der Waals surface area (Å²) in [7, 11) is 1.31. The molecule has 0 radical (unpaired) electrons. The lowest BCUT2D eigenvalue weighted by atomic mass is 10.1. The van der Waals surface area contributed by atoms with E-state index in [2.05, 4.69) is 15.9 Å². The fourth-order valence-electron chi connectivity index (χ4n) is 0.942. The molecule has 1 aromatic rings. The number of ether oxygens (including phenoxy) is 1. The van der Waals surface area contributed by atoms with Crippen molar-refractivity contribution in [3.05, 3.63) is 21.9 Å². The maximum absolute atomic E-state index is 13.3. The molecule has 1 aromatic carbocycles. The fourth-order valence-corrected chi connectivity index (χ4v) is 1.43. The minimum atomic E-state index is -1.30. The van der Waals surface area contributed by atoms with Crippen molar-refractivity contribution >= 4 is 27.6 Å². The fraction of sp³-hybridized carbons (Fsp3) is 0.125. The van der Waals surface area contributed by atoms with Crippen LogP contribution in [0.2, 0.25) is 0 Å². The smallest absolute Gasteiger partial charge is 0.338 e. The van der Waals surface area contributed by atoms with Crippen LogP contribution in [0.15, 0.2) is 10.5 Å². The maximum atomic E-state index is 13.3. The molecular formula is C8H7BrFNO3. The molecule has 1 rings (SSSR count). The van der Waals surface area contributed by atoms with Crippen molar-refractivity contribution in [1.29, 1.82) is 0 Å². The van der Waals surface area contributed by atoms with Crippen molar-refractivity contribution in [1.82, 2.24) is 0 Å². The highest BCUT2D eigenvalue weighted by Crippen LogP contribution is 2.33. The normalized spacial score (nSPS) is 9.93. The summed E-state index contributed by atoms with van der Waals surface area (Å²) >= 11 is 2.90. The van der Waals surface area contributed by atoms with Crippen molar-refractivity contribution in [2.24, 2.45) is 0 Å². The summed E-state index contributed by atoms with van der Waals surface area (Å²) in [6.07, 6.45) is 0. The van der Waals surface area contributed by atoms with Gasteiger partial charge in [-0.2, -0.15) is 0 Å². The van der Waals surface area contributed by atoms with Crippen molar-refractivity contribution in [2.75, 3.05) is 12.8 Å². The van der Waals surface area contributed by atoms with Gasteiger partial charge in [-0.1, -0.05) is 0 Å². The third-order valence-corrected chi connectivity index (χ3v) is 2.40. The summed E-state index contributed by atoms with van der Waals surface area (Å²) in [6, 6.07) is 1.16. The monoisotopic (exact) mass is 263 g/mol. The van der Waals surface area contributed by atoms with E-state index in [-0.39, 0.29) is 15.8 Å². The largest absolute Gasteiger partial charge is 0.495 e. The van der Waals surface area contributed by atoms with E-state index in [4.69, 9.17) is 15.6 Å². The number of carboxylic acids is 1. The number of anilines is 1. The van der Waals surface area contributed by atoms with Crippen molar-refractivity contribution in [3.63, 3.8) is 0 Å². The molecular weight excluding hydrogens is 257 g/mol. The van der Waals surface area contributed by atoms with E-state index in [0.29, 0.717) is 0 Å². The molecule has 14 heavy (non-hydrogen) atoms. The number of benzene rings is 1. The van der Waals surface area contributed by atoms with E-state index >= 15 is 0 Å². The predicted octanol–water partition coefficient (Wildman–Crippen LogP) is 1.88. The number of carbonyl (C=O) groups is 1. The van der Waals surface area contributed by atoms with Crippen LogP contribution in [0.1, 0.15) is 10.4 Å². The number of methoxy groups -OCH3 is 1. The highest BCUT2D eigenvalue weighted by molar-refractivity contribution is 9.10. The van der Waals surface area contributed by atoms with E-state index in [1.807, 2.05) is 0 Å². The topological polar surface area (TPSA) is 72.5 Å². The lowest BCUT2D eigenvalue weighted by molar-refractivity contribution is 0.0697. The first-order valence-electron chi connectivity index (χ1n) is 3.53. The van der Waals surface area contributed by atoms with Crippen LogP contribution in [0.3, 0.4) is 0 Å². The first kappa shape index (κ1) is 10.8. The lowest BCUT2D eigenvalue weighted by Gasteiger charge is -2.08. The third kappa shape index (κ3) is 1.65. The van der Waals surface area contributed by atoms with Crippen LogP contribution in [0, 0.1) is 5.82 Å². The number of nitrogens with two attached hydrogens (primary N) is 1. The van der Waals surface area contributed by atoms with Gasteiger partial charge < -0.3 is 15.6 Å². The van der Waals surface area contributed by atoms with E-state index in [1.54, 1.807) is 0 Å². The Morgan fingerprint density at radius 1 is 1.71 bits per heavy atom. The summed E-state index contributed by atoms with van der Waals surface area (Å²) in [4.78, 5) is 10.6. The molecule has 0 aliphatic carbocycles. The van der Waals surface area contributed by atoms with E-state index in [0.717, 1.165) is 6.07 Å². The van der Waals surface area contributed by atoms with Crippen LogP contribution >= 0.6 is 15.9 Å². The Morgan fingerprint density at radius 2 is 2.29 bits per heavy atom. The Balaban J connectivity index is 3.48. The van der Waals surface area contributed by atoms with Gasteiger partial charge in [-0.25, -0.2) is 9.18 Å². The molecule has 0 heterocycles. The maximum Gasteiger partial charge on any atom is 0.338 e. The molecule has 0 atom stereocenters. The molecule has 3 N–H and O–H groups in total. The molecule has 0 spiro atoms. The zero-order chi connectivity index (χ0) is 10.9. The number of rotatable bonds is 2. The molecule has 0 fully saturated rings. The van der Waals surface area contributed by atoms with Crippen molar-refractivity contribution in [3.8, 4) is 5.75 Å². The zero-order valence-corrected chi connectivity index (χ0v) is 8.76. The summed E-state index contributed by atoms with van der Waals surface area (Å²) in [5.74, 6) is -2.04. The van der Waals surface area contributed by atoms with Gasteiger partial charge in [0.2, 0.25) is 0 Å². The van der Waals surface area contributed by atoms with Gasteiger partial charge in [0.1, 0.15) is 5.75 Å². The second-order valence-corrected chi connectivity index (χ2v) is 3.27. The molecule has 76 valence electrons. The first-order chi connectivity index (χ1) is 6.49. The standard InChI is InChI=1S/C8H7BrFNO3/c1-14-4-2-3(8(12)13)7(11)6(10)5(4)9/h2H,11H2,1H3,(H,12,13). The molecule has 0 aromatic heterocycles. The first-order valence-corrected chi connectivity index (χ1v) is 4.33. The number of hydrogen-bond acceptors (Lipinski definition) is 3. The van der Waals surface area contributed by atoms with Crippen molar-refractivity contribution in [2.45, 2.75) is 0 Å². The summed E-state index contributed by atoms with van der Waals surface area (Å²) < 4.78 is 18.1. The summed E-state index contributed by atoms with van der Waals surface area (Å²) in [6.45, 7) is 0. The van der Waals surface area contributed by atoms with Crippen LogP contribution in [0.4, 0.5) is 10.1 Å². The quantitative estimate of drug-likeness (QED) is 0.800. The lowest BCUT2D eigenvalue weighted by Crippen LogP contribution is -2.06. The van der Waals surface area contributed by atoms with Crippen LogP contribution in [0.25, 0.3) is 0 Å². The van der Waals surface area contributed by atoms with Crippen molar-refractivity contribution < 1.29 is 19.0 Å². The molecule has 6 heteroatoms. The Labute approximate surface area is 87.6 Å². The average Bonchev–Trinajstić information content (AvgIpc) is 2.14. The second-order valence-electron chi connectivity index (χ2n) is 2.47. The van der Waals surface area contributed by atoms with E-state index in [9.17, 15) is 9.18 Å². The van der Waals surface area contributed by atoms with Gasteiger partial charge in [-0.3, -0.25) is 0 Å². The molecule has 0 aliphatic rings. The molecule has 0 bridgehead atoms. The van der Waals surface area contributed by atoms with Gasteiger partial charge >= 0.3 is 5.97 Å². The molecule has 0 amide bonds. The Kier molecular flexibility index (Phi) is 2.95.